The number of carbonyl (C=O) groups excluding carboxylic acids is 1. The van der Waals surface area contributed by atoms with Crippen LogP contribution in [0.25, 0.3) is 0 Å². The van der Waals surface area contributed by atoms with Gasteiger partial charge in [-0.25, -0.2) is 9.78 Å². The van der Waals surface area contributed by atoms with Crippen LogP contribution in [0.15, 0.2) is 18.3 Å². The summed E-state index contributed by atoms with van der Waals surface area (Å²) in [6, 6.07) is 3.94. The summed E-state index contributed by atoms with van der Waals surface area (Å²) in [5.41, 5.74) is 6.28. The van der Waals surface area contributed by atoms with E-state index in [4.69, 9.17) is 10.5 Å². The summed E-state index contributed by atoms with van der Waals surface area (Å²) in [7, 11) is 0. The number of piperazine rings is 1. The fourth-order valence-corrected chi connectivity index (χ4v) is 2.56. The van der Waals surface area contributed by atoms with Gasteiger partial charge in [0.1, 0.15) is 11.4 Å². The molecule has 0 aromatic carbocycles. The van der Waals surface area contributed by atoms with E-state index in [0.29, 0.717) is 12.4 Å². The Balaban J connectivity index is 1.89. The van der Waals surface area contributed by atoms with Crippen molar-refractivity contribution in [3.05, 3.63) is 23.9 Å². The fraction of sp³-hybridized carbons (Fsp3) is 0.625. The summed E-state index contributed by atoms with van der Waals surface area (Å²) in [6.45, 7) is 10.9. The normalized spacial score (nSPS) is 20.0. The van der Waals surface area contributed by atoms with Gasteiger partial charge in [-0.1, -0.05) is 6.07 Å². The van der Waals surface area contributed by atoms with Crippen LogP contribution < -0.4 is 5.73 Å². The van der Waals surface area contributed by atoms with Crippen LogP contribution in [-0.4, -0.2) is 52.2 Å². The Morgan fingerprint density at radius 1 is 1.41 bits per heavy atom. The van der Waals surface area contributed by atoms with Crippen LogP contribution in [0, 0.1) is 0 Å². The molecule has 2 rings (SSSR count). The standard InChI is InChI=1S/C16H26N4O2/c1-12-10-19(11-13-5-6-14(17)18-9-13)7-8-20(12)15(21)22-16(2,3)4/h5-6,9,12H,7-8,10-11H2,1-4H3,(H2,17,18)/t12-/m1/s1. The molecule has 6 heteroatoms. The number of aromatic nitrogens is 1. The van der Waals surface area contributed by atoms with Crippen molar-refractivity contribution in [2.75, 3.05) is 25.4 Å². The van der Waals surface area contributed by atoms with Gasteiger partial charge in [0.2, 0.25) is 0 Å². The average Bonchev–Trinajstić information content (AvgIpc) is 2.39. The number of pyridine rings is 1. The lowest BCUT2D eigenvalue weighted by Crippen LogP contribution is -2.54. The van der Waals surface area contributed by atoms with E-state index in [0.717, 1.165) is 25.2 Å². The zero-order chi connectivity index (χ0) is 16.3. The molecule has 0 saturated carbocycles. The second-order valence-electron chi connectivity index (χ2n) is 6.85. The zero-order valence-electron chi connectivity index (χ0n) is 13.9. The highest BCUT2D eigenvalue weighted by Crippen LogP contribution is 2.17. The van der Waals surface area contributed by atoms with E-state index in [9.17, 15) is 4.79 Å². The molecule has 22 heavy (non-hydrogen) atoms. The Labute approximate surface area is 132 Å². The molecule has 1 atom stereocenters. The Bertz CT molecular complexity index is 510. The molecular weight excluding hydrogens is 280 g/mol. The van der Waals surface area contributed by atoms with Crippen LogP contribution in [0.1, 0.15) is 33.3 Å². The van der Waals surface area contributed by atoms with Gasteiger partial charge >= 0.3 is 6.09 Å². The van der Waals surface area contributed by atoms with Gasteiger partial charge in [0.15, 0.2) is 0 Å². The van der Waals surface area contributed by atoms with Gasteiger partial charge in [0.25, 0.3) is 0 Å². The van der Waals surface area contributed by atoms with Crippen molar-refractivity contribution in [1.29, 1.82) is 0 Å². The van der Waals surface area contributed by atoms with E-state index in [1.165, 1.54) is 0 Å². The molecule has 1 aliphatic rings. The SMILES string of the molecule is C[C@@H]1CN(Cc2ccc(N)nc2)CCN1C(=O)OC(C)(C)C. The van der Waals surface area contributed by atoms with Crippen LogP contribution in [-0.2, 0) is 11.3 Å². The minimum absolute atomic E-state index is 0.130. The number of anilines is 1. The van der Waals surface area contributed by atoms with E-state index in [1.807, 2.05) is 37.8 Å². The second-order valence-corrected chi connectivity index (χ2v) is 6.85. The first-order valence-corrected chi connectivity index (χ1v) is 7.67. The van der Waals surface area contributed by atoms with Crippen LogP contribution in [0.5, 0.6) is 0 Å². The van der Waals surface area contributed by atoms with Crippen LogP contribution in [0.2, 0.25) is 0 Å². The number of nitrogens with two attached hydrogens (primary N) is 1. The lowest BCUT2D eigenvalue weighted by Gasteiger charge is -2.40. The topological polar surface area (TPSA) is 71.7 Å². The highest BCUT2D eigenvalue weighted by molar-refractivity contribution is 5.68. The molecule has 0 radical (unpaired) electrons. The number of amides is 1. The predicted octanol–water partition coefficient (Wildman–Crippen LogP) is 2.10. The van der Waals surface area contributed by atoms with Crippen molar-refractivity contribution in [1.82, 2.24) is 14.8 Å². The molecule has 1 aromatic rings. The molecular formula is C16H26N4O2. The zero-order valence-corrected chi connectivity index (χ0v) is 13.9. The van der Waals surface area contributed by atoms with Gasteiger partial charge in [-0.2, -0.15) is 0 Å². The Morgan fingerprint density at radius 2 is 2.14 bits per heavy atom. The maximum Gasteiger partial charge on any atom is 0.410 e. The number of rotatable bonds is 2. The second kappa shape index (κ2) is 6.52. The number of hydrogen-bond acceptors (Lipinski definition) is 5. The first-order valence-electron chi connectivity index (χ1n) is 7.67. The van der Waals surface area contributed by atoms with Crippen LogP contribution in [0.4, 0.5) is 10.6 Å². The molecule has 0 aliphatic carbocycles. The maximum absolute atomic E-state index is 12.2. The molecule has 6 nitrogen and oxygen atoms in total. The van der Waals surface area contributed by atoms with Gasteiger partial charge in [-0.15, -0.1) is 0 Å². The number of carbonyl (C=O) groups is 1. The summed E-state index contributed by atoms with van der Waals surface area (Å²) in [4.78, 5) is 20.4. The van der Waals surface area contributed by atoms with E-state index in [-0.39, 0.29) is 12.1 Å². The third-order valence-electron chi connectivity index (χ3n) is 3.59. The molecule has 1 amide bonds. The summed E-state index contributed by atoms with van der Waals surface area (Å²) >= 11 is 0. The first-order chi connectivity index (χ1) is 10.2. The Kier molecular flexibility index (Phi) is 4.90. The van der Waals surface area contributed by atoms with Crippen molar-refractivity contribution < 1.29 is 9.53 Å². The highest BCUT2D eigenvalue weighted by atomic mass is 16.6. The number of nitrogens with zero attached hydrogens (tertiary/aromatic N) is 3. The largest absolute Gasteiger partial charge is 0.444 e. The van der Waals surface area contributed by atoms with Crippen molar-refractivity contribution >= 4 is 11.9 Å². The highest BCUT2D eigenvalue weighted by Gasteiger charge is 2.30. The van der Waals surface area contributed by atoms with E-state index in [2.05, 4.69) is 16.8 Å². The maximum atomic E-state index is 12.2. The molecule has 1 aromatic heterocycles. The monoisotopic (exact) mass is 306 g/mol. The minimum Gasteiger partial charge on any atom is -0.444 e. The molecule has 0 spiro atoms. The van der Waals surface area contributed by atoms with Gasteiger partial charge < -0.3 is 15.4 Å². The minimum atomic E-state index is -0.455. The third kappa shape index (κ3) is 4.59. The fourth-order valence-electron chi connectivity index (χ4n) is 2.56. The molecule has 2 heterocycles. The summed E-state index contributed by atoms with van der Waals surface area (Å²) in [6.07, 6.45) is 1.58. The molecule has 1 aliphatic heterocycles. The van der Waals surface area contributed by atoms with Crippen molar-refractivity contribution in [2.45, 2.75) is 45.9 Å². The van der Waals surface area contributed by atoms with Crippen molar-refractivity contribution in [3.8, 4) is 0 Å². The summed E-state index contributed by atoms with van der Waals surface area (Å²) in [5.74, 6) is 0.534. The summed E-state index contributed by atoms with van der Waals surface area (Å²) in [5, 5.41) is 0. The van der Waals surface area contributed by atoms with Crippen molar-refractivity contribution in [2.24, 2.45) is 0 Å². The number of ether oxygens (including phenoxy) is 1. The van der Waals surface area contributed by atoms with Crippen molar-refractivity contribution in [3.63, 3.8) is 0 Å². The summed E-state index contributed by atoms with van der Waals surface area (Å²) < 4.78 is 5.46. The number of nitrogen functional groups attached to an aromatic ring is 1. The lowest BCUT2D eigenvalue weighted by atomic mass is 10.1. The predicted molar refractivity (Wildman–Crippen MR) is 86.3 cm³/mol. The number of hydrogen-bond donors (Lipinski definition) is 1. The Hall–Kier alpha value is -1.82. The van der Waals surface area contributed by atoms with Gasteiger partial charge in [-0.3, -0.25) is 4.90 Å². The Morgan fingerprint density at radius 3 is 2.68 bits per heavy atom. The first kappa shape index (κ1) is 16.5. The van der Waals surface area contributed by atoms with E-state index in [1.54, 1.807) is 6.20 Å². The molecule has 122 valence electrons. The van der Waals surface area contributed by atoms with Gasteiger partial charge in [0, 0.05) is 38.4 Å². The van der Waals surface area contributed by atoms with Gasteiger partial charge in [-0.05, 0) is 39.3 Å². The molecule has 0 unspecified atom stereocenters. The molecule has 0 bridgehead atoms. The third-order valence-corrected chi connectivity index (χ3v) is 3.59. The van der Waals surface area contributed by atoms with Gasteiger partial charge in [0.05, 0.1) is 0 Å². The van der Waals surface area contributed by atoms with E-state index < -0.39 is 5.60 Å². The van der Waals surface area contributed by atoms with Crippen LogP contribution in [0.3, 0.4) is 0 Å². The average molecular weight is 306 g/mol. The van der Waals surface area contributed by atoms with E-state index >= 15 is 0 Å². The smallest absolute Gasteiger partial charge is 0.410 e. The quantitative estimate of drug-likeness (QED) is 0.906. The lowest BCUT2D eigenvalue weighted by molar-refractivity contribution is 0.000551. The molecule has 1 saturated heterocycles. The molecule has 2 N–H and O–H groups in total. The molecule has 1 fully saturated rings. The van der Waals surface area contributed by atoms with Crippen LogP contribution >= 0.6 is 0 Å².